The maximum absolute atomic E-state index is 12.8. The van der Waals surface area contributed by atoms with Crippen molar-refractivity contribution in [3.63, 3.8) is 0 Å². The van der Waals surface area contributed by atoms with Crippen LogP contribution in [0.15, 0.2) is 41.3 Å². The number of benzene rings is 2. The molecule has 136 valence electrons. The van der Waals surface area contributed by atoms with Crippen LogP contribution in [0.2, 0.25) is 0 Å². The topological polar surface area (TPSA) is 55.8 Å². The fourth-order valence-corrected chi connectivity index (χ4v) is 3.74. The summed E-state index contributed by atoms with van der Waals surface area (Å²) in [4.78, 5) is 0.297. The van der Waals surface area contributed by atoms with Crippen molar-refractivity contribution in [1.29, 1.82) is 0 Å². The zero-order valence-corrected chi connectivity index (χ0v) is 16.2. The second kappa shape index (κ2) is 7.89. The van der Waals surface area contributed by atoms with Gasteiger partial charge < -0.3 is 9.47 Å². The van der Waals surface area contributed by atoms with Crippen molar-refractivity contribution >= 4 is 10.0 Å². The fourth-order valence-electron chi connectivity index (χ4n) is 2.59. The SMILES string of the molecule is CCc1ccc(S(=O)(=O)N(C)Cc2cc(OC)c(OC)cc2C)cc1. The molecule has 5 nitrogen and oxygen atoms in total. The van der Waals surface area contributed by atoms with E-state index in [1.807, 2.05) is 38.1 Å². The van der Waals surface area contributed by atoms with Gasteiger partial charge in [0.05, 0.1) is 19.1 Å². The number of nitrogens with zero attached hydrogens (tertiary/aromatic N) is 1. The summed E-state index contributed by atoms with van der Waals surface area (Å²) >= 11 is 0. The second-order valence-corrected chi connectivity index (χ2v) is 7.94. The Kier molecular flexibility index (Phi) is 6.08. The van der Waals surface area contributed by atoms with Gasteiger partial charge in [-0.3, -0.25) is 0 Å². The van der Waals surface area contributed by atoms with Crippen LogP contribution in [0, 0.1) is 6.92 Å². The van der Waals surface area contributed by atoms with E-state index in [2.05, 4.69) is 0 Å². The molecule has 0 N–H and O–H groups in total. The van der Waals surface area contributed by atoms with Crippen LogP contribution in [0.25, 0.3) is 0 Å². The molecule has 25 heavy (non-hydrogen) atoms. The van der Waals surface area contributed by atoms with E-state index in [1.165, 1.54) is 4.31 Å². The van der Waals surface area contributed by atoms with Crippen LogP contribution in [0.5, 0.6) is 11.5 Å². The molecule has 6 heteroatoms. The van der Waals surface area contributed by atoms with Gasteiger partial charge in [0.25, 0.3) is 0 Å². The molecule has 0 bridgehead atoms. The summed E-state index contributed by atoms with van der Waals surface area (Å²) in [6, 6.07) is 10.7. The number of hydrogen-bond donors (Lipinski definition) is 0. The van der Waals surface area contributed by atoms with Gasteiger partial charge in [0.1, 0.15) is 0 Å². The van der Waals surface area contributed by atoms with E-state index in [9.17, 15) is 8.42 Å². The third-order valence-electron chi connectivity index (χ3n) is 4.27. The van der Waals surface area contributed by atoms with E-state index in [0.717, 1.165) is 23.1 Å². The van der Waals surface area contributed by atoms with Gasteiger partial charge in [0, 0.05) is 13.6 Å². The number of ether oxygens (including phenoxy) is 2. The molecule has 0 unspecified atom stereocenters. The third kappa shape index (κ3) is 4.14. The minimum atomic E-state index is -3.55. The molecule has 2 aromatic rings. The van der Waals surface area contributed by atoms with E-state index in [-0.39, 0.29) is 6.54 Å². The Hall–Kier alpha value is -2.05. The summed E-state index contributed by atoms with van der Waals surface area (Å²) in [5, 5.41) is 0. The summed E-state index contributed by atoms with van der Waals surface area (Å²) in [5.41, 5.74) is 2.92. The van der Waals surface area contributed by atoms with Crippen molar-refractivity contribution in [2.24, 2.45) is 0 Å². The monoisotopic (exact) mass is 363 g/mol. The first-order valence-electron chi connectivity index (χ1n) is 8.10. The number of sulfonamides is 1. The average molecular weight is 363 g/mol. The van der Waals surface area contributed by atoms with Gasteiger partial charge in [-0.05, 0) is 54.3 Å². The molecule has 0 aliphatic heterocycles. The lowest BCUT2D eigenvalue weighted by Gasteiger charge is -2.20. The smallest absolute Gasteiger partial charge is 0.243 e. The molecule has 2 aromatic carbocycles. The summed E-state index contributed by atoms with van der Waals surface area (Å²) in [5.74, 6) is 1.21. The molecule has 0 fully saturated rings. The van der Waals surface area contributed by atoms with Crippen molar-refractivity contribution < 1.29 is 17.9 Å². The van der Waals surface area contributed by atoms with E-state index in [4.69, 9.17) is 9.47 Å². The zero-order chi connectivity index (χ0) is 18.6. The summed E-state index contributed by atoms with van der Waals surface area (Å²) in [7, 11) is 1.17. The van der Waals surface area contributed by atoms with Crippen LogP contribution in [0.3, 0.4) is 0 Å². The Bertz CT molecular complexity index is 829. The molecular weight excluding hydrogens is 338 g/mol. The first-order chi connectivity index (χ1) is 11.8. The lowest BCUT2D eigenvalue weighted by Crippen LogP contribution is -2.26. The molecule has 0 spiro atoms. The lowest BCUT2D eigenvalue weighted by molar-refractivity contribution is 0.353. The van der Waals surface area contributed by atoms with Crippen molar-refractivity contribution in [3.05, 3.63) is 53.1 Å². The highest BCUT2D eigenvalue weighted by atomic mass is 32.2. The quantitative estimate of drug-likeness (QED) is 0.757. The Labute approximate surface area is 150 Å². The third-order valence-corrected chi connectivity index (χ3v) is 6.09. The van der Waals surface area contributed by atoms with Gasteiger partial charge in [-0.2, -0.15) is 4.31 Å². The maximum atomic E-state index is 12.8. The van der Waals surface area contributed by atoms with Crippen LogP contribution in [0.1, 0.15) is 23.6 Å². The number of aryl methyl sites for hydroxylation is 2. The Morgan fingerprint density at radius 2 is 1.56 bits per heavy atom. The molecule has 0 radical (unpaired) electrons. The van der Waals surface area contributed by atoms with Crippen molar-refractivity contribution in [2.45, 2.75) is 31.7 Å². The van der Waals surface area contributed by atoms with Crippen LogP contribution in [-0.2, 0) is 23.0 Å². The van der Waals surface area contributed by atoms with Crippen LogP contribution >= 0.6 is 0 Å². The predicted octanol–water partition coefficient (Wildman–Crippen LogP) is 3.40. The van der Waals surface area contributed by atoms with Crippen molar-refractivity contribution in [3.8, 4) is 11.5 Å². The first kappa shape index (κ1) is 19.3. The summed E-state index contributed by atoms with van der Waals surface area (Å²) in [6.07, 6.45) is 0.876. The minimum Gasteiger partial charge on any atom is -0.493 e. The summed E-state index contributed by atoms with van der Waals surface area (Å²) < 4.78 is 37.5. The predicted molar refractivity (Wildman–Crippen MR) is 98.8 cm³/mol. The molecule has 0 aromatic heterocycles. The molecule has 0 heterocycles. The highest BCUT2D eigenvalue weighted by Crippen LogP contribution is 2.31. The van der Waals surface area contributed by atoms with Gasteiger partial charge >= 0.3 is 0 Å². The highest BCUT2D eigenvalue weighted by Gasteiger charge is 2.22. The number of hydrogen-bond acceptors (Lipinski definition) is 4. The Balaban J connectivity index is 2.30. The van der Waals surface area contributed by atoms with Gasteiger partial charge in [-0.15, -0.1) is 0 Å². The zero-order valence-electron chi connectivity index (χ0n) is 15.4. The molecule has 0 amide bonds. The van der Waals surface area contributed by atoms with Gasteiger partial charge in [-0.1, -0.05) is 19.1 Å². The van der Waals surface area contributed by atoms with Crippen LogP contribution < -0.4 is 9.47 Å². The van der Waals surface area contributed by atoms with Gasteiger partial charge in [0.2, 0.25) is 10.0 Å². The molecular formula is C19H25NO4S. The van der Waals surface area contributed by atoms with E-state index >= 15 is 0 Å². The van der Waals surface area contributed by atoms with Gasteiger partial charge in [-0.25, -0.2) is 8.42 Å². The van der Waals surface area contributed by atoms with Crippen LogP contribution in [0.4, 0.5) is 0 Å². The minimum absolute atomic E-state index is 0.254. The maximum Gasteiger partial charge on any atom is 0.243 e. The molecule has 0 saturated carbocycles. The average Bonchev–Trinajstić information content (AvgIpc) is 2.62. The van der Waals surface area contributed by atoms with E-state index < -0.39 is 10.0 Å². The molecule has 2 rings (SSSR count). The fraction of sp³-hybridized carbons (Fsp3) is 0.368. The largest absolute Gasteiger partial charge is 0.493 e. The molecule has 0 aliphatic rings. The number of rotatable bonds is 7. The van der Waals surface area contributed by atoms with E-state index in [0.29, 0.717) is 16.4 Å². The summed E-state index contributed by atoms with van der Waals surface area (Å²) in [6.45, 7) is 4.22. The van der Waals surface area contributed by atoms with Crippen LogP contribution in [-0.4, -0.2) is 34.0 Å². The molecule has 0 saturated heterocycles. The van der Waals surface area contributed by atoms with E-state index in [1.54, 1.807) is 33.4 Å². The van der Waals surface area contributed by atoms with Crippen molar-refractivity contribution in [2.75, 3.05) is 21.3 Å². The highest BCUT2D eigenvalue weighted by molar-refractivity contribution is 7.89. The standard InChI is InChI=1S/C19H25NO4S/c1-6-15-7-9-17(10-8-15)25(21,22)20(3)13-16-12-19(24-5)18(23-4)11-14(16)2/h7-12H,6,13H2,1-5H3. The Morgan fingerprint density at radius 3 is 2.08 bits per heavy atom. The number of methoxy groups -OCH3 is 2. The second-order valence-electron chi connectivity index (χ2n) is 5.89. The normalized spacial score (nSPS) is 11.6. The molecule has 0 aliphatic carbocycles. The first-order valence-corrected chi connectivity index (χ1v) is 9.54. The van der Waals surface area contributed by atoms with Crippen molar-refractivity contribution in [1.82, 2.24) is 4.31 Å². The lowest BCUT2D eigenvalue weighted by atomic mass is 10.1. The molecule has 0 atom stereocenters. The Morgan fingerprint density at radius 1 is 1.00 bits per heavy atom. The van der Waals surface area contributed by atoms with Gasteiger partial charge in [0.15, 0.2) is 11.5 Å².